The van der Waals surface area contributed by atoms with Gasteiger partial charge in [-0.2, -0.15) is 0 Å². The van der Waals surface area contributed by atoms with Gasteiger partial charge in [0.15, 0.2) is 0 Å². The fourth-order valence-corrected chi connectivity index (χ4v) is 3.17. The number of allylic oxidation sites excluding steroid dienone is 1. The molecule has 0 aromatic heterocycles. The molecule has 2 rings (SSSR count). The first-order chi connectivity index (χ1) is 15.1. The Kier molecular flexibility index (Phi) is 11.3. The number of rotatable bonds is 15. The third kappa shape index (κ3) is 9.73. The minimum Gasteiger partial charge on any atom is -0.494 e. The second-order valence-corrected chi connectivity index (χ2v) is 7.80. The smallest absolute Gasteiger partial charge is 0.343 e. The standard InChI is InChI=1S/C27H36O4/c1-4-6-8-10-12-22(3)30-25-15-13-23(14-16-25)27(28)31-26-19-17-24(18-20-26)29-21-11-9-7-5-2/h5,13-20,22H,2,4,6-12,21H2,1,3H3. The number of carbonyl (C=O) groups excluding carboxylic acids is 1. The number of hydrogen-bond donors (Lipinski definition) is 0. The van der Waals surface area contributed by atoms with Crippen LogP contribution >= 0.6 is 0 Å². The van der Waals surface area contributed by atoms with Gasteiger partial charge in [0.05, 0.1) is 18.3 Å². The summed E-state index contributed by atoms with van der Waals surface area (Å²) in [4.78, 5) is 12.4. The van der Waals surface area contributed by atoms with Gasteiger partial charge in [-0.15, -0.1) is 6.58 Å². The van der Waals surface area contributed by atoms with E-state index in [-0.39, 0.29) is 6.10 Å². The lowest BCUT2D eigenvalue weighted by Crippen LogP contribution is -2.12. The average molecular weight is 425 g/mol. The van der Waals surface area contributed by atoms with Gasteiger partial charge in [0.25, 0.3) is 0 Å². The molecular weight excluding hydrogens is 388 g/mol. The number of carbonyl (C=O) groups is 1. The van der Waals surface area contributed by atoms with Crippen molar-refractivity contribution in [2.45, 2.75) is 71.3 Å². The molecule has 0 aliphatic heterocycles. The Bertz CT molecular complexity index is 765. The van der Waals surface area contributed by atoms with E-state index in [0.29, 0.717) is 17.9 Å². The highest BCUT2D eigenvalue weighted by molar-refractivity contribution is 5.91. The molecule has 4 nitrogen and oxygen atoms in total. The van der Waals surface area contributed by atoms with Crippen LogP contribution in [0, 0.1) is 0 Å². The van der Waals surface area contributed by atoms with Crippen molar-refractivity contribution in [3.05, 3.63) is 66.7 Å². The normalized spacial score (nSPS) is 11.5. The molecule has 0 fully saturated rings. The van der Waals surface area contributed by atoms with Crippen LogP contribution in [0.2, 0.25) is 0 Å². The van der Waals surface area contributed by atoms with Gasteiger partial charge in [0.1, 0.15) is 17.2 Å². The summed E-state index contributed by atoms with van der Waals surface area (Å²) in [5.74, 6) is 1.64. The Labute approximate surface area is 187 Å². The predicted molar refractivity (Wildman–Crippen MR) is 126 cm³/mol. The van der Waals surface area contributed by atoms with Crippen molar-refractivity contribution < 1.29 is 19.0 Å². The zero-order valence-electron chi connectivity index (χ0n) is 19.0. The Morgan fingerprint density at radius 3 is 2.26 bits per heavy atom. The van der Waals surface area contributed by atoms with Crippen molar-refractivity contribution in [1.82, 2.24) is 0 Å². The topological polar surface area (TPSA) is 44.8 Å². The van der Waals surface area contributed by atoms with E-state index >= 15 is 0 Å². The van der Waals surface area contributed by atoms with Crippen molar-refractivity contribution in [3.63, 3.8) is 0 Å². The van der Waals surface area contributed by atoms with E-state index in [1.54, 1.807) is 24.3 Å². The molecule has 2 aromatic rings. The predicted octanol–water partition coefficient (Wildman–Crippen LogP) is 7.38. The third-order valence-electron chi connectivity index (χ3n) is 5.00. The van der Waals surface area contributed by atoms with Gasteiger partial charge >= 0.3 is 5.97 Å². The molecular formula is C27H36O4. The highest BCUT2D eigenvalue weighted by Crippen LogP contribution is 2.21. The summed E-state index contributed by atoms with van der Waals surface area (Å²) in [5.41, 5.74) is 0.491. The van der Waals surface area contributed by atoms with Gasteiger partial charge < -0.3 is 14.2 Å². The van der Waals surface area contributed by atoms with Crippen LogP contribution in [0.15, 0.2) is 61.2 Å². The van der Waals surface area contributed by atoms with E-state index < -0.39 is 5.97 Å². The molecule has 2 aromatic carbocycles. The highest BCUT2D eigenvalue weighted by atomic mass is 16.5. The average Bonchev–Trinajstić information content (AvgIpc) is 2.78. The first-order valence-corrected chi connectivity index (χ1v) is 11.4. The number of esters is 1. The lowest BCUT2D eigenvalue weighted by molar-refractivity contribution is 0.0734. The Morgan fingerprint density at radius 2 is 1.58 bits per heavy atom. The molecule has 0 bridgehead atoms. The van der Waals surface area contributed by atoms with Crippen molar-refractivity contribution in [3.8, 4) is 17.2 Å². The molecule has 0 spiro atoms. The second-order valence-electron chi connectivity index (χ2n) is 7.80. The van der Waals surface area contributed by atoms with Gasteiger partial charge in [-0.25, -0.2) is 4.79 Å². The summed E-state index contributed by atoms with van der Waals surface area (Å²) in [6.45, 7) is 8.68. The third-order valence-corrected chi connectivity index (χ3v) is 5.00. The van der Waals surface area contributed by atoms with Crippen LogP contribution in [0.3, 0.4) is 0 Å². The highest BCUT2D eigenvalue weighted by Gasteiger charge is 2.10. The fraction of sp³-hybridized carbons (Fsp3) is 0.444. The molecule has 0 saturated heterocycles. The molecule has 0 amide bonds. The van der Waals surface area contributed by atoms with Crippen LogP contribution < -0.4 is 14.2 Å². The molecule has 31 heavy (non-hydrogen) atoms. The van der Waals surface area contributed by atoms with Crippen molar-refractivity contribution in [2.24, 2.45) is 0 Å². The van der Waals surface area contributed by atoms with Crippen LogP contribution in [-0.4, -0.2) is 18.7 Å². The van der Waals surface area contributed by atoms with E-state index in [2.05, 4.69) is 20.4 Å². The summed E-state index contributed by atoms with van der Waals surface area (Å²) < 4.78 is 17.1. The summed E-state index contributed by atoms with van der Waals surface area (Å²) in [6, 6.07) is 14.2. The quantitative estimate of drug-likeness (QED) is 0.129. The van der Waals surface area contributed by atoms with E-state index in [9.17, 15) is 4.79 Å². The number of hydrogen-bond acceptors (Lipinski definition) is 4. The zero-order valence-corrected chi connectivity index (χ0v) is 19.0. The van der Waals surface area contributed by atoms with E-state index in [1.165, 1.54) is 25.7 Å². The van der Waals surface area contributed by atoms with Crippen LogP contribution in [-0.2, 0) is 0 Å². The molecule has 168 valence electrons. The number of benzene rings is 2. The van der Waals surface area contributed by atoms with E-state index in [4.69, 9.17) is 14.2 Å². The van der Waals surface area contributed by atoms with Crippen LogP contribution in [0.1, 0.15) is 75.6 Å². The SMILES string of the molecule is C=CCCCCOc1ccc(OC(=O)c2ccc(OC(C)CCCCCC)cc2)cc1. The molecule has 0 saturated carbocycles. The van der Waals surface area contributed by atoms with Gasteiger partial charge in [-0.05, 0) is 87.6 Å². The molecule has 1 unspecified atom stereocenters. The summed E-state index contributed by atoms with van der Waals surface area (Å²) >= 11 is 0. The molecule has 0 heterocycles. The van der Waals surface area contributed by atoms with E-state index in [0.717, 1.165) is 37.2 Å². The summed E-state index contributed by atoms with van der Waals surface area (Å²) in [7, 11) is 0. The summed E-state index contributed by atoms with van der Waals surface area (Å²) in [6.07, 6.45) is 11.1. The first kappa shape index (κ1) is 24.5. The molecule has 0 aliphatic carbocycles. The van der Waals surface area contributed by atoms with E-state index in [1.807, 2.05) is 30.3 Å². The van der Waals surface area contributed by atoms with Crippen LogP contribution in [0.5, 0.6) is 17.2 Å². The summed E-state index contributed by atoms with van der Waals surface area (Å²) in [5, 5.41) is 0. The second kappa shape index (κ2) is 14.3. The van der Waals surface area contributed by atoms with Crippen LogP contribution in [0.25, 0.3) is 0 Å². The minimum atomic E-state index is -0.391. The molecule has 4 heteroatoms. The monoisotopic (exact) mass is 424 g/mol. The molecule has 0 N–H and O–H groups in total. The van der Waals surface area contributed by atoms with Gasteiger partial charge in [-0.1, -0.05) is 32.3 Å². The molecule has 1 atom stereocenters. The lowest BCUT2D eigenvalue weighted by Gasteiger charge is -2.14. The maximum atomic E-state index is 12.4. The number of ether oxygens (including phenoxy) is 3. The van der Waals surface area contributed by atoms with Gasteiger partial charge in [0.2, 0.25) is 0 Å². The van der Waals surface area contributed by atoms with Crippen molar-refractivity contribution in [1.29, 1.82) is 0 Å². The fourth-order valence-electron chi connectivity index (χ4n) is 3.17. The maximum Gasteiger partial charge on any atom is 0.343 e. The molecule has 0 aliphatic rings. The zero-order chi connectivity index (χ0) is 22.3. The van der Waals surface area contributed by atoms with Gasteiger partial charge in [0, 0.05) is 0 Å². The Hall–Kier alpha value is -2.75. The number of unbranched alkanes of at least 4 members (excludes halogenated alkanes) is 5. The maximum absolute atomic E-state index is 12.4. The largest absolute Gasteiger partial charge is 0.494 e. The van der Waals surface area contributed by atoms with Crippen LogP contribution in [0.4, 0.5) is 0 Å². The van der Waals surface area contributed by atoms with Crippen molar-refractivity contribution in [2.75, 3.05) is 6.61 Å². The Balaban J connectivity index is 1.76. The molecule has 0 radical (unpaired) electrons. The lowest BCUT2D eigenvalue weighted by atomic mass is 10.1. The van der Waals surface area contributed by atoms with Crippen molar-refractivity contribution >= 4 is 5.97 Å². The first-order valence-electron chi connectivity index (χ1n) is 11.4. The van der Waals surface area contributed by atoms with Gasteiger partial charge in [-0.3, -0.25) is 0 Å². The minimum absolute atomic E-state index is 0.164. The Morgan fingerprint density at radius 1 is 0.903 bits per heavy atom.